The Labute approximate surface area is 130 Å². The molecule has 2 aromatic rings. The van der Waals surface area contributed by atoms with Crippen molar-refractivity contribution in [1.82, 2.24) is 5.32 Å². The lowest BCUT2D eigenvalue weighted by Crippen LogP contribution is -2.35. The Balaban J connectivity index is 1.47. The zero-order valence-corrected chi connectivity index (χ0v) is 12.5. The maximum absolute atomic E-state index is 5.63. The summed E-state index contributed by atoms with van der Waals surface area (Å²) in [6, 6.07) is 15.7. The van der Waals surface area contributed by atoms with Crippen LogP contribution in [-0.2, 0) is 6.54 Å². The maximum atomic E-state index is 5.63. The predicted octanol–water partition coefficient (Wildman–Crippen LogP) is 2.65. The molecule has 3 rings (SSSR count). The summed E-state index contributed by atoms with van der Waals surface area (Å²) < 4.78 is 10.9. The molecule has 5 nitrogen and oxygen atoms in total. The molecule has 22 heavy (non-hydrogen) atoms. The van der Waals surface area contributed by atoms with Crippen LogP contribution in [0.3, 0.4) is 0 Å². The molecular weight excluding hydrogens is 278 g/mol. The highest BCUT2D eigenvalue weighted by Crippen LogP contribution is 2.24. The molecule has 0 aromatic heterocycles. The summed E-state index contributed by atoms with van der Waals surface area (Å²) in [5, 5.41) is 6.52. The van der Waals surface area contributed by atoms with E-state index in [1.807, 2.05) is 48.5 Å². The molecule has 0 spiro atoms. The van der Waals surface area contributed by atoms with Crippen LogP contribution in [0.25, 0.3) is 0 Å². The highest BCUT2D eigenvalue weighted by atomic mass is 16.5. The van der Waals surface area contributed by atoms with E-state index in [0.29, 0.717) is 19.7 Å². The van der Waals surface area contributed by atoms with Crippen LogP contribution in [0, 0.1) is 0 Å². The van der Waals surface area contributed by atoms with Crippen molar-refractivity contribution in [2.75, 3.05) is 25.6 Å². The molecule has 0 bridgehead atoms. The van der Waals surface area contributed by atoms with Gasteiger partial charge < -0.3 is 20.1 Å². The third-order valence-electron chi connectivity index (χ3n) is 3.38. The molecule has 0 atom stereocenters. The zero-order chi connectivity index (χ0) is 15.2. The minimum absolute atomic E-state index is 0.584. The van der Waals surface area contributed by atoms with Gasteiger partial charge >= 0.3 is 0 Å². The smallest absolute Gasteiger partial charge is 0.196 e. The number of hydrogen-bond acceptors (Lipinski definition) is 5. The molecule has 2 aromatic carbocycles. The Kier molecular flexibility index (Phi) is 4.44. The summed E-state index contributed by atoms with van der Waals surface area (Å²) in [6.45, 7) is 1.91. The lowest BCUT2D eigenvalue weighted by atomic mass is 10.1. The van der Waals surface area contributed by atoms with Crippen LogP contribution in [0.2, 0.25) is 0 Å². The summed E-state index contributed by atoms with van der Waals surface area (Å²) in [5.74, 6) is 2.50. The molecule has 0 radical (unpaired) electrons. The molecule has 0 aliphatic carbocycles. The average Bonchev–Trinajstić information content (AvgIpc) is 2.59. The van der Waals surface area contributed by atoms with E-state index in [1.54, 1.807) is 7.11 Å². The van der Waals surface area contributed by atoms with E-state index in [4.69, 9.17) is 9.47 Å². The fourth-order valence-electron chi connectivity index (χ4n) is 2.24. The lowest BCUT2D eigenvalue weighted by molar-refractivity contribution is 0.322. The van der Waals surface area contributed by atoms with Gasteiger partial charge in [0.15, 0.2) is 5.96 Å². The predicted molar refractivity (Wildman–Crippen MR) is 87.7 cm³/mol. The number of anilines is 1. The zero-order valence-electron chi connectivity index (χ0n) is 12.5. The number of nitrogens with one attached hydrogen (secondary N) is 2. The van der Waals surface area contributed by atoms with Gasteiger partial charge in [0.1, 0.15) is 18.1 Å². The van der Waals surface area contributed by atoms with Gasteiger partial charge in [0.2, 0.25) is 0 Å². The van der Waals surface area contributed by atoms with Crippen LogP contribution in [0.1, 0.15) is 5.56 Å². The van der Waals surface area contributed by atoms with Crippen molar-refractivity contribution in [2.24, 2.45) is 4.99 Å². The quantitative estimate of drug-likeness (QED) is 0.833. The summed E-state index contributed by atoms with van der Waals surface area (Å²) >= 11 is 0. The first kappa shape index (κ1) is 14.3. The first-order valence-corrected chi connectivity index (χ1v) is 7.25. The molecule has 0 saturated heterocycles. The van der Waals surface area contributed by atoms with Crippen molar-refractivity contribution in [2.45, 2.75) is 6.54 Å². The second kappa shape index (κ2) is 6.85. The Hall–Kier alpha value is -2.69. The van der Waals surface area contributed by atoms with Crippen LogP contribution < -0.4 is 20.1 Å². The Bertz CT molecular complexity index is 656. The molecule has 5 heteroatoms. The molecule has 1 heterocycles. The number of rotatable bonds is 5. The van der Waals surface area contributed by atoms with Crippen LogP contribution >= 0.6 is 0 Å². The van der Waals surface area contributed by atoms with E-state index in [2.05, 4.69) is 15.6 Å². The van der Waals surface area contributed by atoms with E-state index in [9.17, 15) is 0 Å². The van der Waals surface area contributed by atoms with E-state index in [0.717, 1.165) is 28.7 Å². The maximum Gasteiger partial charge on any atom is 0.196 e. The molecule has 0 unspecified atom stereocenters. The number of fused-ring (bicyclic) bond motifs is 1. The van der Waals surface area contributed by atoms with Crippen molar-refractivity contribution in [1.29, 1.82) is 0 Å². The number of para-hydroxylation sites is 1. The van der Waals surface area contributed by atoms with E-state index in [-0.39, 0.29) is 0 Å². The Morgan fingerprint density at radius 1 is 1.14 bits per heavy atom. The molecule has 0 amide bonds. The van der Waals surface area contributed by atoms with Gasteiger partial charge in [-0.15, -0.1) is 0 Å². The average molecular weight is 297 g/mol. The monoisotopic (exact) mass is 297 g/mol. The number of hydrogen-bond donors (Lipinski definition) is 2. The number of ether oxygens (including phenoxy) is 2. The van der Waals surface area contributed by atoms with Gasteiger partial charge in [-0.25, -0.2) is 4.99 Å². The molecule has 2 N–H and O–H groups in total. The molecule has 1 aliphatic heterocycles. The van der Waals surface area contributed by atoms with Gasteiger partial charge in [-0.3, -0.25) is 0 Å². The van der Waals surface area contributed by atoms with Gasteiger partial charge in [0.25, 0.3) is 0 Å². The van der Waals surface area contributed by atoms with E-state index < -0.39 is 0 Å². The summed E-state index contributed by atoms with van der Waals surface area (Å²) in [6.07, 6.45) is 0. The van der Waals surface area contributed by atoms with Crippen molar-refractivity contribution < 1.29 is 9.47 Å². The minimum atomic E-state index is 0.584. The standard InChI is InChI=1S/C17H19N3O2/c1-21-15-7-8-16-13(11-15)12-19-17(20-16)18-9-10-22-14-5-3-2-4-6-14/h2-8,11H,9-10,12H2,1H3,(H2,18,19,20). The second-order valence-electron chi connectivity index (χ2n) is 4.90. The van der Waals surface area contributed by atoms with Crippen molar-refractivity contribution in [3.63, 3.8) is 0 Å². The van der Waals surface area contributed by atoms with Gasteiger partial charge in [0.05, 0.1) is 20.2 Å². The number of guanidine groups is 1. The Morgan fingerprint density at radius 2 is 2.00 bits per heavy atom. The molecule has 1 aliphatic rings. The second-order valence-corrected chi connectivity index (χ2v) is 4.90. The van der Waals surface area contributed by atoms with Gasteiger partial charge in [-0.1, -0.05) is 18.2 Å². The van der Waals surface area contributed by atoms with Crippen molar-refractivity contribution in [3.8, 4) is 11.5 Å². The van der Waals surface area contributed by atoms with Crippen LogP contribution in [0.15, 0.2) is 53.5 Å². The number of benzene rings is 2. The van der Waals surface area contributed by atoms with Crippen LogP contribution in [0.5, 0.6) is 11.5 Å². The summed E-state index contributed by atoms with van der Waals surface area (Å²) in [7, 11) is 1.67. The van der Waals surface area contributed by atoms with Gasteiger partial charge in [-0.2, -0.15) is 0 Å². The van der Waals surface area contributed by atoms with E-state index >= 15 is 0 Å². The van der Waals surface area contributed by atoms with Gasteiger partial charge in [0, 0.05) is 11.3 Å². The third kappa shape index (κ3) is 3.49. The topological polar surface area (TPSA) is 54.9 Å². The number of aliphatic imine (C=N–C) groups is 1. The molecule has 0 saturated carbocycles. The van der Waals surface area contributed by atoms with Crippen LogP contribution in [0.4, 0.5) is 5.69 Å². The fraction of sp³-hybridized carbons (Fsp3) is 0.235. The van der Waals surface area contributed by atoms with Crippen LogP contribution in [-0.4, -0.2) is 26.2 Å². The highest BCUT2D eigenvalue weighted by molar-refractivity contribution is 5.95. The van der Waals surface area contributed by atoms with Crippen molar-refractivity contribution in [3.05, 3.63) is 54.1 Å². The summed E-state index contributed by atoms with van der Waals surface area (Å²) in [4.78, 5) is 4.47. The SMILES string of the molecule is COc1ccc2c(c1)CN=C(NCCOc1ccccc1)N2. The third-order valence-corrected chi connectivity index (χ3v) is 3.38. The van der Waals surface area contributed by atoms with Crippen molar-refractivity contribution >= 4 is 11.6 Å². The van der Waals surface area contributed by atoms with E-state index in [1.165, 1.54) is 0 Å². The minimum Gasteiger partial charge on any atom is -0.497 e. The first-order chi connectivity index (χ1) is 10.8. The number of nitrogens with zero attached hydrogens (tertiary/aromatic N) is 1. The fourth-order valence-corrected chi connectivity index (χ4v) is 2.24. The summed E-state index contributed by atoms with van der Waals surface area (Å²) in [5.41, 5.74) is 2.19. The number of methoxy groups -OCH3 is 1. The highest BCUT2D eigenvalue weighted by Gasteiger charge is 2.11. The normalized spacial score (nSPS) is 12.7. The largest absolute Gasteiger partial charge is 0.497 e. The molecule has 0 fully saturated rings. The molecule has 114 valence electrons. The lowest BCUT2D eigenvalue weighted by Gasteiger charge is -2.20. The first-order valence-electron chi connectivity index (χ1n) is 7.25. The Morgan fingerprint density at radius 3 is 2.82 bits per heavy atom. The van der Waals surface area contributed by atoms with Gasteiger partial charge in [-0.05, 0) is 30.3 Å². The molecular formula is C17H19N3O2.